The molecule has 31 heavy (non-hydrogen) atoms. The number of nitrogens with zero attached hydrogens (tertiary/aromatic N) is 7. The maximum atomic E-state index is 9.57. The molecule has 8 heteroatoms. The van der Waals surface area contributed by atoms with Crippen molar-refractivity contribution >= 4 is 22.7 Å². The van der Waals surface area contributed by atoms with Gasteiger partial charge < -0.3 is 19.7 Å². The van der Waals surface area contributed by atoms with Gasteiger partial charge in [-0.3, -0.25) is 0 Å². The summed E-state index contributed by atoms with van der Waals surface area (Å²) in [7, 11) is 2.00. The second kappa shape index (κ2) is 7.90. The van der Waals surface area contributed by atoms with E-state index in [2.05, 4.69) is 36.8 Å². The first-order valence-corrected chi connectivity index (χ1v) is 10.7. The van der Waals surface area contributed by atoms with E-state index >= 15 is 0 Å². The molecule has 0 aromatic carbocycles. The maximum absolute atomic E-state index is 9.57. The van der Waals surface area contributed by atoms with Crippen molar-refractivity contribution in [2.45, 2.75) is 24.9 Å². The summed E-state index contributed by atoms with van der Waals surface area (Å²) >= 11 is 0. The molecular weight excluding hydrogens is 388 g/mol. The predicted octanol–water partition coefficient (Wildman–Crippen LogP) is 2.42. The van der Waals surface area contributed by atoms with Gasteiger partial charge >= 0.3 is 0 Å². The minimum Gasteiger partial charge on any atom is -0.353 e. The van der Waals surface area contributed by atoms with E-state index in [-0.39, 0.29) is 0 Å². The van der Waals surface area contributed by atoms with Crippen LogP contribution in [0.2, 0.25) is 0 Å². The summed E-state index contributed by atoms with van der Waals surface area (Å²) in [6.07, 6.45) is 4.08. The first-order valence-electron chi connectivity index (χ1n) is 10.7. The highest BCUT2D eigenvalue weighted by atomic mass is 15.3. The van der Waals surface area contributed by atoms with E-state index in [1.807, 2.05) is 37.5 Å². The van der Waals surface area contributed by atoms with Gasteiger partial charge in [0.2, 0.25) is 0 Å². The molecule has 0 spiro atoms. The molecule has 3 aromatic rings. The summed E-state index contributed by atoms with van der Waals surface area (Å²) in [5.74, 6) is 1.79. The molecule has 2 aliphatic rings. The Labute approximate surface area is 181 Å². The molecule has 156 valence electrons. The fourth-order valence-electron chi connectivity index (χ4n) is 4.54. The van der Waals surface area contributed by atoms with Crippen LogP contribution < -0.4 is 15.1 Å². The molecule has 0 bridgehead atoms. The molecule has 0 atom stereocenters. The Bertz CT molecular complexity index is 1190. The van der Waals surface area contributed by atoms with Crippen LogP contribution in [-0.4, -0.2) is 53.8 Å². The first kappa shape index (κ1) is 19.3. The number of fused-ring (bicyclic) bond motifs is 1. The molecule has 1 N–H and O–H groups in total. The predicted molar refractivity (Wildman–Crippen MR) is 119 cm³/mol. The van der Waals surface area contributed by atoms with E-state index in [9.17, 15) is 5.26 Å². The van der Waals surface area contributed by atoms with Gasteiger partial charge in [-0.15, -0.1) is 0 Å². The molecular formula is C23H24N8. The average Bonchev–Trinajstić information content (AvgIpc) is 3.16. The minimum atomic E-state index is 0.389. The van der Waals surface area contributed by atoms with Gasteiger partial charge in [-0.2, -0.15) is 10.5 Å². The van der Waals surface area contributed by atoms with Gasteiger partial charge in [0, 0.05) is 49.8 Å². The van der Waals surface area contributed by atoms with Crippen LogP contribution in [0.25, 0.3) is 11.0 Å². The first-order chi connectivity index (χ1) is 15.2. The molecule has 1 aliphatic carbocycles. The number of rotatable bonds is 4. The molecule has 2 fully saturated rings. The molecule has 0 amide bonds. The lowest BCUT2D eigenvalue weighted by Gasteiger charge is -2.37. The highest BCUT2D eigenvalue weighted by molar-refractivity contribution is 5.85. The Kier molecular flexibility index (Phi) is 4.93. The second-order valence-corrected chi connectivity index (χ2v) is 8.18. The molecule has 5 rings (SSSR count). The number of nitriles is 2. The smallest absolute Gasteiger partial charge is 0.143 e. The quantitative estimate of drug-likeness (QED) is 0.703. The van der Waals surface area contributed by atoms with Crippen LogP contribution in [0.5, 0.6) is 0 Å². The standard InChI is InChI=1S/C23H24N8/c1-26-18-11-19(12-18)31-15-16(13-24)20-5-6-22(28-23(20)31)30-9-7-29(8-10-30)21-4-2-3-17(14-25)27-21/h2-6,15,18-19,26H,7-12H2,1H3/t18-,19+. The largest absolute Gasteiger partial charge is 0.353 e. The van der Waals surface area contributed by atoms with Crippen molar-refractivity contribution in [3.05, 3.63) is 47.8 Å². The Morgan fingerprint density at radius 3 is 2.29 bits per heavy atom. The van der Waals surface area contributed by atoms with Gasteiger partial charge in [-0.25, -0.2) is 9.97 Å². The summed E-state index contributed by atoms with van der Waals surface area (Å²) in [6, 6.07) is 15.0. The van der Waals surface area contributed by atoms with Gasteiger partial charge in [0.15, 0.2) is 0 Å². The second-order valence-electron chi connectivity index (χ2n) is 8.18. The van der Waals surface area contributed by atoms with Gasteiger partial charge in [-0.1, -0.05) is 6.07 Å². The molecule has 1 saturated heterocycles. The molecule has 1 saturated carbocycles. The summed E-state index contributed by atoms with van der Waals surface area (Å²) < 4.78 is 2.19. The van der Waals surface area contributed by atoms with E-state index in [4.69, 9.17) is 10.2 Å². The van der Waals surface area contributed by atoms with Crippen molar-refractivity contribution < 1.29 is 0 Å². The van der Waals surface area contributed by atoms with Crippen LogP contribution in [0.3, 0.4) is 0 Å². The number of aromatic nitrogens is 3. The van der Waals surface area contributed by atoms with Gasteiger partial charge in [0.1, 0.15) is 35.1 Å². The molecule has 3 aromatic heterocycles. The maximum Gasteiger partial charge on any atom is 0.143 e. The number of pyridine rings is 2. The number of hydrogen-bond donors (Lipinski definition) is 1. The van der Waals surface area contributed by atoms with Gasteiger partial charge in [-0.05, 0) is 44.2 Å². The number of anilines is 2. The highest BCUT2D eigenvalue weighted by Crippen LogP contribution is 2.36. The van der Waals surface area contributed by atoms with Crippen LogP contribution in [0.15, 0.2) is 36.5 Å². The normalized spacial score (nSPS) is 20.9. The van der Waals surface area contributed by atoms with Crippen molar-refractivity contribution in [3.63, 3.8) is 0 Å². The summed E-state index contributed by atoms with van der Waals surface area (Å²) in [4.78, 5) is 13.9. The Morgan fingerprint density at radius 2 is 1.65 bits per heavy atom. The van der Waals surface area contributed by atoms with Gasteiger partial charge in [0.25, 0.3) is 0 Å². The molecule has 8 nitrogen and oxygen atoms in total. The third-order valence-electron chi connectivity index (χ3n) is 6.48. The number of nitrogens with one attached hydrogen (secondary N) is 1. The lowest BCUT2D eigenvalue weighted by Crippen LogP contribution is -2.47. The SMILES string of the molecule is CN[C@H]1C[C@@H](n2cc(C#N)c3ccc(N4CCN(c5cccc(C#N)n5)CC4)nc32)C1. The zero-order valence-electron chi connectivity index (χ0n) is 17.5. The van der Waals surface area contributed by atoms with Crippen molar-refractivity contribution in [3.8, 4) is 12.1 Å². The van der Waals surface area contributed by atoms with E-state index in [0.717, 1.165) is 61.7 Å². The highest BCUT2D eigenvalue weighted by Gasteiger charge is 2.31. The van der Waals surface area contributed by atoms with Crippen molar-refractivity contribution in [2.75, 3.05) is 43.0 Å². The number of hydrogen-bond acceptors (Lipinski definition) is 7. The Morgan fingerprint density at radius 1 is 0.935 bits per heavy atom. The van der Waals surface area contributed by atoms with E-state index in [1.54, 1.807) is 6.07 Å². The Balaban J connectivity index is 1.36. The van der Waals surface area contributed by atoms with Crippen LogP contribution in [0.4, 0.5) is 11.6 Å². The number of piperazine rings is 1. The van der Waals surface area contributed by atoms with Crippen LogP contribution in [0, 0.1) is 22.7 Å². The topological polar surface area (TPSA) is 96.8 Å². The van der Waals surface area contributed by atoms with Crippen LogP contribution in [-0.2, 0) is 0 Å². The summed E-state index contributed by atoms with van der Waals surface area (Å²) in [6.45, 7) is 3.29. The van der Waals surface area contributed by atoms with Gasteiger partial charge in [0.05, 0.1) is 5.56 Å². The fraction of sp³-hybridized carbons (Fsp3) is 0.391. The van der Waals surface area contributed by atoms with Crippen molar-refractivity contribution in [1.82, 2.24) is 19.9 Å². The monoisotopic (exact) mass is 412 g/mol. The van der Waals surface area contributed by atoms with E-state index < -0.39 is 0 Å². The van der Waals surface area contributed by atoms with E-state index in [1.165, 1.54) is 0 Å². The summed E-state index contributed by atoms with van der Waals surface area (Å²) in [5.41, 5.74) is 2.03. The fourth-order valence-corrected chi connectivity index (χ4v) is 4.54. The molecule has 4 heterocycles. The third kappa shape index (κ3) is 3.45. The van der Waals surface area contributed by atoms with Crippen LogP contribution >= 0.6 is 0 Å². The zero-order chi connectivity index (χ0) is 21.4. The zero-order valence-corrected chi connectivity index (χ0v) is 17.5. The van der Waals surface area contributed by atoms with Crippen LogP contribution in [0.1, 0.15) is 30.1 Å². The Hall–Kier alpha value is -3.62. The molecule has 0 unspecified atom stereocenters. The van der Waals surface area contributed by atoms with Crippen molar-refractivity contribution in [2.24, 2.45) is 0 Å². The van der Waals surface area contributed by atoms with E-state index in [0.29, 0.717) is 23.3 Å². The molecule has 0 radical (unpaired) electrons. The third-order valence-corrected chi connectivity index (χ3v) is 6.48. The molecule has 1 aliphatic heterocycles. The van der Waals surface area contributed by atoms with Crippen molar-refractivity contribution in [1.29, 1.82) is 10.5 Å². The average molecular weight is 413 g/mol. The lowest BCUT2D eigenvalue weighted by molar-refractivity contribution is 0.240. The summed E-state index contributed by atoms with van der Waals surface area (Å²) in [5, 5.41) is 22.9. The lowest BCUT2D eigenvalue weighted by atomic mass is 9.87. The minimum absolute atomic E-state index is 0.389.